The maximum Gasteiger partial charge on any atom is 0.240 e. The van der Waals surface area contributed by atoms with Gasteiger partial charge in [-0.25, -0.2) is 13.1 Å². The lowest BCUT2D eigenvalue weighted by Crippen LogP contribution is -2.32. The van der Waals surface area contributed by atoms with Gasteiger partial charge in [-0.05, 0) is 31.0 Å². The predicted octanol–water partition coefficient (Wildman–Crippen LogP) is 1.24. The summed E-state index contributed by atoms with van der Waals surface area (Å²) in [6.07, 6.45) is 2.33. The minimum atomic E-state index is -3.57. The molecule has 0 spiro atoms. The van der Waals surface area contributed by atoms with Crippen LogP contribution < -0.4 is 10.0 Å². The number of nitrogens with one attached hydrogen (secondary N) is 2. The molecule has 2 rings (SSSR count). The lowest BCUT2D eigenvalue weighted by Gasteiger charge is -2.08. The summed E-state index contributed by atoms with van der Waals surface area (Å²) >= 11 is 5.82. The molecule has 1 aliphatic carbocycles. The van der Waals surface area contributed by atoms with Crippen LogP contribution in [-0.2, 0) is 10.0 Å². The molecule has 19 heavy (non-hydrogen) atoms. The number of nitriles is 1. The number of nitrogens with zero attached hydrogens (tertiary/aromatic N) is 1. The topological polar surface area (TPSA) is 82.0 Å². The SMILES string of the molecule is N#Cc1ccc(S(=O)(=O)NCCNC2CC2)cc1Cl. The molecule has 0 aromatic heterocycles. The van der Waals surface area contributed by atoms with Gasteiger partial charge in [0.25, 0.3) is 0 Å². The van der Waals surface area contributed by atoms with Gasteiger partial charge in [-0.2, -0.15) is 5.26 Å². The molecule has 0 bridgehead atoms. The number of rotatable bonds is 6. The highest BCUT2D eigenvalue weighted by Gasteiger charge is 2.20. The maximum atomic E-state index is 12.0. The second-order valence-corrected chi connectivity index (χ2v) is 6.55. The molecule has 0 radical (unpaired) electrons. The molecule has 2 N–H and O–H groups in total. The van der Waals surface area contributed by atoms with Crippen LogP contribution in [0.4, 0.5) is 0 Å². The van der Waals surface area contributed by atoms with E-state index >= 15 is 0 Å². The average Bonchev–Trinajstić information content (AvgIpc) is 3.18. The van der Waals surface area contributed by atoms with E-state index < -0.39 is 10.0 Å². The predicted molar refractivity (Wildman–Crippen MR) is 72.4 cm³/mol. The van der Waals surface area contributed by atoms with Gasteiger partial charge in [-0.3, -0.25) is 0 Å². The van der Waals surface area contributed by atoms with Crippen molar-refractivity contribution < 1.29 is 8.42 Å². The van der Waals surface area contributed by atoms with Crippen LogP contribution in [0.2, 0.25) is 5.02 Å². The number of hydrogen-bond acceptors (Lipinski definition) is 4. The van der Waals surface area contributed by atoms with E-state index in [9.17, 15) is 8.42 Å². The zero-order valence-electron chi connectivity index (χ0n) is 10.2. The van der Waals surface area contributed by atoms with E-state index in [1.54, 1.807) is 0 Å². The van der Waals surface area contributed by atoms with Gasteiger partial charge in [0, 0.05) is 19.1 Å². The van der Waals surface area contributed by atoms with Crippen molar-refractivity contribution in [2.75, 3.05) is 13.1 Å². The third-order valence-electron chi connectivity index (χ3n) is 2.80. The van der Waals surface area contributed by atoms with Gasteiger partial charge in [0.2, 0.25) is 10.0 Å². The second-order valence-electron chi connectivity index (χ2n) is 4.38. The van der Waals surface area contributed by atoms with E-state index in [1.807, 2.05) is 6.07 Å². The smallest absolute Gasteiger partial charge is 0.240 e. The van der Waals surface area contributed by atoms with Crippen molar-refractivity contribution in [2.45, 2.75) is 23.8 Å². The van der Waals surface area contributed by atoms with Crippen molar-refractivity contribution in [1.29, 1.82) is 5.26 Å². The standard InChI is InChI=1S/C12H14ClN3O2S/c13-12-7-11(4-1-9(12)8-14)19(17,18)16-6-5-15-10-2-3-10/h1,4,7,10,15-16H,2-3,5-6H2. The van der Waals surface area contributed by atoms with Crippen molar-refractivity contribution in [3.63, 3.8) is 0 Å². The lowest BCUT2D eigenvalue weighted by atomic mass is 10.2. The first kappa shape index (κ1) is 14.3. The summed E-state index contributed by atoms with van der Waals surface area (Å²) in [6.45, 7) is 0.935. The van der Waals surface area contributed by atoms with Crippen LogP contribution in [0.25, 0.3) is 0 Å². The van der Waals surface area contributed by atoms with E-state index in [0.717, 1.165) is 12.8 Å². The zero-order chi connectivity index (χ0) is 13.9. The Morgan fingerprint density at radius 1 is 1.37 bits per heavy atom. The third-order valence-corrected chi connectivity index (χ3v) is 4.57. The molecular weight excluding hydrogens is 286 g/mol. The number of hydrogen-bond donors (Lipinski definition) is 2. The largest absolute Gasteiger partial charge is 0.313 e. The summed E-state index contributed by atoms with van der Waals surface area (Å²) in [5.41, 5.74) is 0.260. The van der Waals surface area contributed by atoms with Gasteiger partial charge in [0.05, 0.1) is 15.5 Å². The van der Waals surface area contributed by atoms with E-state index in [-0.39, 0.29) is 15.5 Å². The van der Waals surface area contributed by atoms with E-state index in [1.165, 1.54) is 18.2 Å². The fourth-order valence-electron chi connectivity index (χ4n) is 1.59. The van der Waals surface area contributed by atoms with Crippen molar-refractivity contribution >= 4 is 21.6 Å². The quantitative estimate of drug-likeness (QED) is 0.774. The molecule has 1 aromatic carbocycles. The minimum Gasteiger partial charge on any atom is -0.313 e. The monoisotopic (exact) mass is 299 g/mol. The Morgan fingerprint density at radius 3 is 2.68 bits per heavy atom. The van der Waals surface area contributed by atoms with Crippen LogP contribution >= 0.6 is 11.6 Å². The second kappa shape index (κ2) is 5.88. The van der Waals surface area contributed by atoms with Crippen LogP contribution in [0.3, 0.4) is 0 Å². The Labute approximate surface area is 117 Å². The molecule has 0 aliphatic heterocycles. The highest BCUT2D eigenvalue weighted by Crippen LogP contribution is 2.20. The fourth-order valence-corrected chi connectivity index (χ4v) is 2.93. The van der Waals surface area contributed by atoms with Crippen molar-refractivity contribution in [1.82, 2.24) is 10.0 Å². The third kappa shape index (κ3) is 3.91. The maximum absolute atomic E-state index is 12.0. The van der Waals surface area contributed by atoms with Crippen molar-refractivity contribution in [3.05, 3.63) is 28.8 Å². The molecule has 7 heteroatoms. The summed E-state index contributed by atoms with van der Waals surface area (Å²) < 4.78 is 26.4. The Bertz CT molecular complexity index is 606. The average molecular weight is 300 g/mol. The molecule has 1 saturated carbocycles. The summed E-state index contributed by atoms with van der Waals surface area (Å²) in [5, 5.41) is 12.1. The minimum absolute atomic E-state index is 0.0721. The molecule has 1 fully saturated rings. The number of halogens is 1. The Hall–Kier alpha value is -1.13. The molecule has 0 atom stereocenters. The molecule has 1 aromatic rings. The first-order chi connectivity index (χ1) is 9.03. The van der Waals surface area contributed by atoms with Crippen LogP contribution in [0.15, 0.2) is 23.1 Å². The molecule has 1 aliphatic rings. The molecule has 0 heterocycles. The molecular formula is C12H14ClN3O2S. The summed E-state index contributed by atoms with van der Waals surface area (Å²) in [6, 6.07) is 6.50. The lowest BCUT2D eigenvalue weighted by molar-refractivity contribution is 0.575. The number of sulfonamides is 1. The Kier molecular flexibility index (Phi) is 4.42. The van der Waals surface area contributed by atoms with Crippen LogP contribution in [-0.4, -0.2) is 27.5 Å². The van der Waals surface area contributed by atoms with E-state index in [0.29, 0.717) is 19.1 Å². The molecule has 0 amide bonds. The first-order valence-electron chi connectivity index (χ1n) is 5.95. The van der Waals surface area contributed by atoms with Crippen LogP contribution in [0.5, 0.6) is 0 Å². The highest BCUT2D eigenvalue weighted by atomic mass is 35.5. The van der Waals surface area contributed by atoms with Crippen molar-refractivity contribution in [3.8, 4) is 6.07 Å². The van der Waals surface area contributed by atoms with Crippen LogP contribution in [0.1, 0.15) is 18.4 Å². The van der Waals surface area contributed by atoms with Gasteiger partial charge in [0.15, 0.2) is 0 Å². The molecule has 0 saturated heterocycles. The Morgan fingerprint density at radius 2 is 2.11 bits per heavy atom. The summed E-state index contributed by atoms with van der Waals surface area (Å²) in [5.74, 6) is 0. The van der Waals surface area contributed by atoms with Crippen molar-refractivity contribution in [2.24, 2.45) is 0 Å². The molecule has 5 nitrogen and oxygen atoms in total. The van der Waals surface area contributed by atoms with Gasteiger partial charge >= 0.3 is 0 Å². The highest BCUT2D eigenvalue weighted by molar-refractivity contribution is 7.89. The molecule has 0 unspecified atom stereocenters. The van der Waals surface area contributed by atoms with Crippen LogP contribution in [0, 0.1) is 11.3 Å². The van der Waals surface area contributed by atoms with Gasteiger partial charge in [-0.15, -0.1) is 0 Å². The van der Waals surface area contributed by atoms with Gasteiger partial charge in [-0.1, -0.05) is 11.6 Å². The normalized spacial score (nSPS) is 15.2. The van der Waals surface area contributed by atoms with Gasteiger partial charge in [0.1, 0.15) is 6.07 Å². The molecule has 102 valence electrons. The van der Waals surface area contributed by atoms with Gasteiger partial charge < -0.3 is 5.32 Å². The fraction of sp³-hybridized carbons (Fsp3) is 0.417. The zero-order valence-corrected chi connectivity index (χ0v) is 11.8. The summed E-state index contributed by atoms with van der Waals surface area (Å²) in [7, 11) is -3.57. The Balaban J connectivity index is 1.97. The number of benzene rings is 1. The van der Waals surface area contributed by atoms with E-state index in [4.69, 9.17) is 16.9 Å². The van der Waals surface area contributed by atoms with E-state index in [2.05, 4.69) is 10.0 Å². The summed E-state index contributed by atoms with van der Waals surface area (Å²) in [4.78, 5) is 0.0721. The first-order valence-corrected chi connectivity index (χ1v) is 7.82.